The molecule has 0 amide bonds. The quantitative estimate of drug-likeness (QED) is 0.833. The van der Waals surface area contributed by atoms with Crippen molar-refractivity contribution in [3.63, 3.8) is 0 Å². The third-order valence-corrected chi connectivity index (χ3v) is 3.24. The number of aryl methyl sites for hydroxylation is 1. The van der Waals surface area contributed by atoms with E-state index < -0.39 is 0 Å². The van der Waals surface area contributed by atoms with E-state index in [0.717, 1.165) is 25.2 Å². The van der Waals surface area contributed by atoms with Gasteiger partial charge in [0.05, 0.1) is 11.9 Å². The van der Waals surface area contributed by atoms with E-state index in [1.54, 1.807) is 0 Å². The molecule has 0 aliphatic heterocycles. The molecule has 2 aromatic rings. The van der Waals surface area contributed by atoms with Gasteiger partial charge in [-0.2, -0.15) is 5.10 Å². The van der Waals surface area contributed by atoms with E-state index in [0.29, 0.717) is 5.92 Å². The second-order valence-corrected chi connectivity index (χ2v) is 5.35. The molecule has 0 saturated carbocycles. The van der Waals surface area contributed by atoms with Crippen molar-refractivity contribution >= 4 is 0 Å². The molecule has 19 heavy (non-hydrogen) atoms. The van der Waals surface area contributed by atoms with Crippen LogP contribution < -0.4 is 5.32 Å². The van der Waals surface area contributed by atoms with Crippen LogP contribution >= 0.6 is 0 Å². The molecule has 1 heterocycles. The van der Waals surface area contributed by atoms with Gasteiger partial charge in [0.1, 0.15) is 0 Å². The highest BCUT2D eigenvalue weighted by Gasteiger charge is 2.07. The smallest absolute Gasteiger partial charge is 0.0695 e. The van der Waals surface area contributed by atoms with E-state index in [2.05, 4.69) is 60.6 Å². The van der Waals surface area contributed by atoms with Crippen molar-refractivity contribution < 1.29 is 0 Å². The largest absolute Gasteiger partial charge is 0.312 e. The average molecular weight is 257 g/mol. The highest BCUT2D eigenvalue weighted by atomic mass is 15.1. The Hall–Kier alpha value is -1.61. The van der Waals surface area contributed by atoms with Gasteiger partial charge in [0.25, 0.3) is 0 Å². The van der Waals surface area contributed by atoms with Crippen LogP contribution in [0, 0.1) is 5.92 Å². The van der Waals surface area contributed by atoms with Gasteiger partial charge in [0, 0.05) is 12.1 Å². The van der Waals surface area contributed by atoms with E-state index in [9.17, 15) is 0 Å². The fraction of sp³-hybridized carbons (Fsp3) is 0.438. The summed E-state index contributed by atoms with van der Waals surface area (Å²) in [6, 6.07) is 8.69. The molecule has 2 rings (SSSR count). The number of nitrogens with one attached hydrogen (secondary N) is 2. The molecule has 0 radical (unpaired) electrons. The van der Waals surface area contributed by atoms with Crippen LogP contribution in [-0.2, 0) is 13.0 Å². The van der Waals surface area contributed by atoms with E-state index in [1.165, 1.54) is 16.7 Å². The van der Waals surface area contributed by atoms with E-state index >= 15 is 0 Å². The van der Waals surface area contributed by atoms with Gasteiger partial charge < -0.3 is 5.32 Å². The van der Waals surface area contributed by atoms with Crippen molar-refractivity contribution in [3.05, 3.63) is 41.6 Å². The normalized spacial score (nSPS) is 11.2. The third-order valence-electron chi connectivity index (χ3n) is 3.24. The van der Waals surface area contributed by atoms with Gasteiger partial charge in [0.2, 0.25) is 0 Å². The molecule has 0 aliphatic rings. The molecule has 3 heteroatoms. The fourth-order valence-electron chi connectivity index (χ4n) is 2.10. The Bertz CT molecular complexity index is 497. The predicted octanol–water partition coefficient (Wildman–Crippen LogP) is 3.38. The molecule has 0 fully saturated rings. The number of aromatic nitrogens is 2. The van der Waals surface area contributed by atoms with Crippen molar-refractivity contribution in [1.82, 2.24) is 15.5 Å². The zero-order chi connectivity index (χ0) is 13.7. The summed E-state index contributed by atoms with van der Waals surface area (Å²) in [5.41, 5.74) is 4.92. The number of H-pyrrole nitrogens is 1. The number of nitrogens with zero attached hydrogens (tertiary/aromatic N) is 1. The van der Waals surface area contributed by atoms with Crippen molar-refractivity contribution in [2.45, 2.75) is 33.7 Å². The molecule has 3 nitrogen and oxygen atoms in total. The molecule has 0 unspecified atom stereocenters. The maximum atomic E-state index is 4.17. The summed E-state index contributed by atoms with van der Waals surface area (Å²) in [5, 5.41) is 10.7. The summed E-state index contributed by atoms with van der Waals surface area (Å²) in [6.07, 6.45) is 2.99. The monoisotopic (exact) mass is 257 g/mol. The minimum atomic E-state index is 0.666. The Kier molecular flexibility index (Phi) is 4.74. The number of hydrogen-bond donors (Lipinski definition) is 2. The minimum Gasteiger partial charge on any atom is -0.312 e. The Labute approximate surface area is 115 Å². The molecule has 0 atom stereocenters. The molecule has 0 aliphatic carbocycles. The molecular weight excluding hydrogens is 234 g/mol. The second-order valence-electron chi connectivity index (χ2n) is 5.35. The molecule has 2 N–H and O–H groups in total. The van der Waals surface area contributed by atoms with Gasteiger partial charge in [0.15, 0.2) is 0 Å². The number of hydrogen-bond acceptors (Lipinski definition) is 2. The van der Waals surface area contributed by atoms with Crippen LogP contribution in [0.2, 0.25) is 0 Å². The Balaban J connectivity index is 2.09. The SMILES string of the molecule is CCc1ccc(-c2[nH]ncc2CNCC(C)C)cc1. The van der Waals surface area contributed by atoms with Crippen LogP contribution in [0.4, 0.5) is 0 Å². The van der Waals surface area contributed by atoms with Gasteiger partial charge in [-0.05, 0) is 30.0 Å². The average Bonchev–Trinajstić information content (AvgIpc) is 2.87. The van der Waals surface area contributed by atoms with Gasteiger partial charge in [-0.1, -0.05) is 45.0 Å². The third kappa shape index (κ3) is 3.67. The first-order chi connectivity index (χ1) is 9.20. The van der Waals surface area contributed by atoms with Crippen LogP contribution in [0.5, 0.6) is 0 Å². The fourth-order valence-corrected chi connectivity index (χ4v) is 2.10. The molecule has 0 spiro atoms. The lowest BCUT2D eigenvalue weighted by atomic mass is 10.0. The van der Waals surface area contributed by atoms with E-state index in [1.807, 2.05) is 6.20 Å². The first-order valence-corrected chi connectivity index (χ1v) is 7.03. The van der Waals surface area contributed by atoms with E-state index in [4.69, 9.17) is 0 Å². The van der Waals surface area contributed by atoms with Crippen molar-refractivity contribution in [2.75, 3.05) is 6.54 Å². The van der Waals surface area contributed by atoms with Crippen LogP contribution in [0.1, 0.15) is 31.9 Å². The standard InChI is InChI=1S/C16H23N3/c1-4-13-5-7-14(8-6-13)16-15(11-18-19-16)10-17-9-12(2)3/h5-8,11-12,17H,4,9-10H2,1-3H3,(H,18,19). The molecule has 1 aromatic heterocycles. The van der Waals surface area contributed by atoms with Crippen LogP contribution in [0.3, 0.4) is 0 Å². The summed E-state index contributed by atoms with van der Waals surface area (Å²) >= 11 is 0. The summed E-state index contributed by atoms with van der Waals surface area (Å²) in [5.74, 6) is 0.666. The minimum absolute atomic E-state index is 0.666. The van der Waals surface area contributed by atoms with Crippen molar-refractivity contribution in [1.29, 1.82) is 0 Å². The van der Waals surface area contributed by atoms with Gasteiger partial charge in [-0.3, -0.25) is 5.10 Å². The lowest BCUT2D eigenvalue weighted by Gasteiger charge is -2.08. The van der Waals surface area contributed by atoms with Crippen molar-refractivity contribution in [2.24, 2.45) is 5.92 Å². The Morgan fingerprint density at radius 1 is 1.21 bits per heavy atom. The first kappa shape index (κ1) is 13.8. The topological polar surface area (TPSA) is 40.7 Å². The van der Waals surface area contributed by atoms with Crippen LogP contribution in [-0.4, -0.2) is 16.7 Å². The van der Waals surface area contributed by atoms with Crippen LogP contribution in [0.25, 0.3) is 11.3 Å². The predicted molar refractivity (Wildman–Crippen MR) is 79.9 cm³/mol. The lowest BCUT2D eigenvalue weighted by Crippen LogP contribution is -2.19. The molecule has 1 aromatic carbocycles. The highest BCUT2D eigenvalue weighted by molar-refractivity contribution is 5.62. The molecule has 102 valence electrons. The first-order valence-electron chi connectivity index (χ1n) is 7.03. The zero-order valence-electron chi connectivity index (χ0n) is 12.0. The maximum absolute atomic E-state index is 4.17. The highest BCUT2D eigenvalue weighted by Crippen LogP contribution is 2.21. The second kappa shape index (κ2) is 6.53. The summed E-state index contributed by atoms with van der Waals surface area (Å²) in [4.78, 5) is 0. The Morgan fingerprint density at radius 2 is 1.95 bits per heavy atom. The zero-order valence-corrected chi connectivity index (χ0v) is 12.0. The van der Waals surface area contributed by atoms with E-state index in [-0.39, 0.29) is 0 Å². The number of benzene rings is 1. The number of aromatic amines is 1. The van der Waals surface area contributed by atoms with Gasteiger partial charge in [-0.15, -0.1) is 0 Å². The number of rotatable bonds is 6. The maximum Gasteiger partial charge on any atom is 0.0695 e. The molecule has 0 bridgehead atoms. The van der Waals surface area contributed by atoms with Crippen molar-refractivity contribution in [3.8, 4) is 11.3 Å². The summed E-state index contributed by atoms with van der Waals surface area (Å²) in [6.45, 7) is 8.49. The van der Waals surface area contributed by atoms with Gasteiger partial charge in [-0.25, -0.2) is 0 Å². The Morgan fingerprint density at radius 3 is 2.58 bits per heavy atom. The summed E-state index contributed by atoms with van der Waals surface area (Å²) in [7, 11) is 0. The molecule has 0 saturated heterocycles. The summed E-state index contributed by atoms with van der Waals surface area (Å²) < 4.78 is 0. The molecular formula is C16H23N3. The lowest BCUT2D eigenvalue weighted by molar-refractivity contribution is 0.553. The van der Waals surface area contributed by atoms with Crippen LogP contribution in [0.15, 0.2) is 30.5 Å². The van der Waals surface area contributed by atoms with Gasteiger partial charge >= 0.3 is 0 Å².